The van der Waals surface area contributed by atoms with E-state index in [0.717, 1.165) is 0 Å². The van der Waals surface area contributed by atoms with Gasteiger partial charge in [-0.15, -0.1) is 0 Å². The molecule has 0 aromatic carbocycles. The van der Waals surface area contributed by atoms with Crippen LogP contribution in [-0.2, 0) is 0 Å². The third kappa shape index (κ3) is 46600. The molecule has 34 radical (unpaired) electrons. The van der Waals surface area contributed by atoms with Gasteiger partial charge < -0.3 is 0 Å². The molecule has 40 heavy (non-hydrogen) atoms. The van der Waals surface area contributed by atoms with Crippen molar-refractivity contribution in [1.29, 1.82) is 21.4 Å². The van der Waals surface area contributed by atoms with Crippen molar-refractivity contribution in [3.8, 4) is 0 Å². The minimum atomic E-state index is 0. The van der Waals surface area contributed by atoms with E-state index in [1.54, 1.807) is 0 Å². The molecule has 0 rings (SSSR count). The van der Waals surface area contributed by atoms with Crippen molar-refractivity contribution < 1.29 is 0 Å². The van der Waals surface area contributed by atoms with Gasteiger partial charge in [-0.1, -0.05) is 170 Å². The van der Waals surface area contributed by atoms with Crippen LogP contribution in [0.2, 0.25) is 6.82 Å². The van der Waals surface area contributed by atoms with E-state index in [1.165, 1.54) is 6.82 Å². The van der Waals surface area contributed by atoms with Gasteiger partial charge >= 0.3 is 0 Å². The topological polar surface area (TPSA) is 0 Å². The van der Waals surface area contributed by atoms with Gasteiger partial charge in [-0.3, -0.25) is 0 Å². The van der Waals surface area contributed by atoms with Gasteiger partial charge in [0.25, 0.3) is 0 Å². The summed E-state index contributed by atoms with van der Waals surface area (Å²) in [4.78, 5) is 0. The maximum Gasteiger partial charge on any atom is 0.0606 e. The third-order valence-electron chi connectivity index (χ3n) is 0. The molecule has 0 heterocycles. The van der Waals surface area contributed by atoms with Gasteiger partial charge in [-0.05, 0) is 21.4 Å². The second-order valence-electron chi connectivity index (χ2n) is 0. The van der Waals surface area contributed by atoms with Crippen LogP contribution in [0.25, 0.3) is 0 Å². The molecule has 0 saturated heterocycles. The quantitative estimate of drug-likeness (QED) is 0.381. The lowest BCUT2D eigenvalue weighted by molar-refractivity contribution is 2.40. The van der Waals surface area contributed by atoms with Gasteiger partial charge in [0.15, 0.2) is 0 Å². The van der Waals surface area contributed by atoms with E-state index in [4.69, 9.17) is 21.4 Å². The van der Waals surface area contributed by atoms with Crippen LogP contribution < -0.4 is 0 Å². The number of hydrogen-bond acceptors (Lipinski definition) is 0. The van der Waals surface area contributed by atoms with Crippen molar-refractivity contribution in [1.82, 2.24) is 0 Å². The van der Waals surface area contributed by atoms with Crippen molar-refractivity contribution in [2.24, 2.45) is 0 Å². The molecule has 0 fully saturated rings. The summed E-state index contributed by atoms with van der Waals surface area (Å²) < 4.78 is 84.0. The second-order valence-corrected chi connectivity index (χ2v) is 0. The largest absolute Gasteiger partial charge is 0.0999 e. The molecule has 0 aliphatic rings. The Morgan fingerprint density at radius 2 is 0.175 bits per heavy atom. The molecule has 0 bridgehead atoms. The van der Waals surface area contributed by atoms with Crippen LogP contribution in [0, 0.1) is 0 Å². The molecule has 0 saturated carbocycles. The molecule has 0 amide bonds. The van der Waals surface area contributed by atoms with Crippen molar-refractivity contribution in [2.45, 2.75) is 170 Å². The molecule has 0 aromatic rings. The first kappa shape index (κ1) is 202. The van der Waals surface area contributed by atoms with E-state index in [2.05, 4.69) is 142 Å². The molecule has 0 aliphatic carbocycles. The fourth-order valence-corrected chi connectivity index (χ4v) is 0. The summed E-state index contributed by atoms with van der Waals surface area (Å²) in [6.45, 7) is 1.50. The van der Waals surface area contributed by atoms with E-state index in [0.29, 0.717) is 0 Å². The smallest absolute Gasteiger partial charge is 0.0606 e. The molecule has 0 nitrogen and oxygen atoms in total. The summed E-state index contributed by atoms with van der Waals surface area (Å²) in [7, 11) is 64.5. The zero-order chi connectivity index (χ0) is 34.0. The zero-order valence-corrected chi connectivity index (χ0v) is 10.8. The predicted molar refractivity (Wildman–Crippen MR) is 274 cm³/mol. The summed E-state index contributed by atoms with van der Waals surface area (Å²) >= 11 is 0. The molecule has 0 N–H and O–H groups in total. The normalized spacial score (nSPS) is 2.52. The summed E-state index contributed by atoms with van der Waals surface area (Å²) in [5, 5.41) is 0. The fraction of sp³-hybridized carbons (Fsp3) is 1.00. The van der Waals surface area contributed by atoms with Crippen molar-refractivity contribution in [2.75, 3.05) is 0 Å². The lowest BCUT2D eigenvalue weighted by atomic mass is 10.2. The average Bonchev–Trinajstić information content (AvgIpc) is 3.09. The number of rotatable bonds is 0. The average molecular weight is 584 g/mol. The molecule has 0 atom stereocenters. The fourth-order valence-electron chi connectivity index (χ4n) is 0. The highest BCUT2D eigenvalue weighted by molar-refractivity contribution is 6.05. The molecule has 17 heteroatoms. The maximum absolute atomic E-state index is 5.25. The molecule has 0 unspecified atom stereocenters. The van der Waals surface area contributed by atoms with E-state index in [9.17, 15) is 0 Å². The van der Waals surface area contributed by atoms with Crippen LogP contribution in [0.1, 0.15) is 163 Å². The predicted octanol–water partition coefficient (Wildman–Crippen LogP) is 3.82. The van der Waals surface area contributed by atoms with Gasteiger partial charge in [-0.2, -0.15) is 0 Å². The van der Waals surface area contributed by atoms with E-state index < -0.39 is 0 Å². The van der Waals surface area contributed by atoms with Crippen molar-refractivity contribution in [3.63, 3.8) is 0 Å². The first-order valence-corrected chi connectivity index (χ1v) is 0.577. The Bertz CT molecular complexity index is 87.7. The molecule has 0 aromatic heterocycles. The van der Waals surface area contributed by atoms with Crippen LogP contribution in [0.5, 0.6) is 0 Å². The van der Waals surface area contributed by atoms with Gasteiger partial charge in [0.1, 0.15) is 0 Å². The van der Waals surface area contributed by atoms with Crippen LogP contribution >= 0.6 is 0 Å². The van der Waals surface area contributed by atoms with Crippen molar-refractivity contribution in [3.05, 3.63) is 0 Å². The third-order valence-corrected chi connectivity index (χ3v) is 0. The Morgan fingerprint density at radius 3 is 0.175 bits per heavy atom. The summed E-state index contributed by atoms with van der Waals surface area (Å²) in [5.74, 6) is 0. The minimum Gasteiger partial charge on any atom is -0.0999 e. The van der Waals surface area contributed by atoms with Crippen LogP contribution in [0.15, 0.2) is 0 Å². The highest BCUT2D eigenvalue weighted by Gasteiger charge is 0.984. The Hall–Kier alpha value is 1.10. The van der Waals surface area contributed by atoms with Crippen molar-refractivity contribution >= 4 is 142 Å². The lowest BCUT2D eigenvalue weighted by Gasteiger charge is -1.02. The molecule has 0 spiro atoms. The van der Waals surface area contributed by atoms with E-state index in [1.807, 2.05) is 0 Å². The molecular weight excluding hydrogens is 460 g/mol. The Morgan fingerprint density at radius 1 is 0.175 bits per heavy atom. The van der Waals surface area contributed by atoms with Crippen LogP contribution in [-0.4, -0.2) is 163 Å². The second kappa shape index (κ2) is 50300. The first-order valence-electron chi connectivity index (χ1n) is 9.81. The SMILES string of the molecule is C.C.C.C.C.C.C.C.C.C.C.C.C.C.C.C.C.C.C.C.C.C.[2H][B].[2H][B].[2H][B].[2H][B].[2H][B].[2H][B].[2H][B].[2H][B].[2H][B].[2H][B].[2H][B].[2H][B].[2H][B].[2H][B].[2H][B].[2H][B].[B]C. The summed E-state index contributed by atoms with van der Waals surface area (Å²) in [6, 6.07) is 0. The summed E-state index contributed by atoms with van der Waals surface area (Å²) in [5.41, 5.74) is 0. The standard InChI is InChI=1S/CH3B.22CH4.16BH/c1-2;;;;;;;;;;;;;;;;;;;;;;;;;;;;;;;;;;;;;;/h1H3;22*1H4;16*1H/i;;;;;;;;;;;;;;;;;;;;;;;16*1D. The Kier molecular flexibility index (Phi) is 254000. The molecule has 0 aliphatic heterocycles. The minimum absolute atomic E-state index is 0. The van der Waals surface area contributed by atoms with Crippen LogP contribution in [0.4, 0.5) is 0 Å². The Balaban J connectivity index is -0.00000000145. The van der Waals surface area contributed by atoms with Gasteiger partial charge in [0, 0.05) is 134 Å². The number of hydrogen-bond donors (Lipinski definition) is 0. The van der Waals surface area contributed by atoms with E-state index >= 15 is 0 Å². The summed E-state index contributed by atoms with van der Waals surface area (Å²) in [6.07, 6.45) is 0. The highest BCUT2D eigenvalue weighted by atomic mass is 12.6. The van der Waals surface area contributed by atoms with Gasteiger partial charge in [-0.25, -0.2) is 0 Å². The monoisotopic (exact) mass is 587 g/mol. The first-order chi connectivity index (χ1) is 17.0. The van der Waals surface area contributed by atoms with Crippen LogP contribution in [0.3, 0.4) is 0 Å². The maximum atomic E-state index is 5.25. The van der Waals surface area contributed by atoms with Gasteiger partial charge in [0.05, 0.1) is 7.85 Å². The molecule has 250 valence electrons. The highest BCUT2D eigenvalue weighted by Crippen LogP contribution is 0.960. The lowest BCUT2D eigenvalue weighted by Crippen LogP contribution is -1.13. The van der Waals surface area contributed by atoms with E-state index in [-0.39, 0.29) is 163 Å². The Labute approximate surface area is 333 Å². The molecular formula is C23H107B17. The zero-order valence-electron chi connectivity index (χ0n) is 26.8. The van der Waals surface area contributed by atoms with Gasteiger partial charge in [0.2, 0.25) is 0 Å².